The molecule has 0 saturated carbocycles. The van der Waals surface area contributed by atoms with Gasteiger partial charge in [0.05, 0.1) is 12.8 Å². The van der Waals surface area contributed by atoms with Gasteiger partial charge in [0.1, 0.15) is 17.7 Å². The highest BCUT2D eigenvalue weighted by molar-refractivity contribution is 7.80. The summed E-state index contributed by atoms with van der Waals surface area (Å²) in [6, 6.07) is 0. The maximum Gasteiger partial charge on any atom is 0.350 e. The molecule has 0 bridgehead atoms. The quantitative estimate of drug-likeness (QED) is 0.534. The van der Waals surface area contributed by atoms with Crippen molar-refractivity contribution in [1.82, 2.24) is 30.0 Å². The van der Waals surface area contributed by atoms with Gasteiger partial charge in [0.15, 0.2) is 5.11 Å². The van der Waals surface area contributed by atoms with Crippen LogP contribution in [0.5, 0.6) is 0 Å². The molecule has 1 N–H and O–H groups in total. The number of piperidine rings is 1. The summed E-state index contributed by atoms with van der Waals surface area (Å²) in [6.07, 6.45) is 4.37. The molecule has 2 aromatic rings. The number of likely N-dealkylation sites (tertiary alicyclic amines) is 2. The first-order valence-electron chi connectivity index (χ1n) is 10.1. The van der Waals surface area contributed by atoms with Crippen molar-refractivity contribution >= 4 is 46.2 Å². The zero-order valence-corrected chi connectivity index (χ0v) is 19.2. The number of esters is 1. The second-order valence-electron chi connectivity index (χ2n) is 8.10. The number of nitrogens with zero attached hydrogens (tertiary/aromatic N) is 6. The van der Waals surface area contributed by atoms with Gasteiger partial charge < -0.3 is 19.9 Å². The van der Waals surface area contributed by atoms with E-state index < -0.39 is 0 Å². The van der Waals surface area contributed by atoms with Gasteiger partial charge in [0.2, 0.25) is 5.91 Å². The lowest BCUT2D eigenvalue weighted by molar-refractivity contribution is -0.134. The Hall–Kier alpha value is -2.60. The monoisotopic (exact) mass is 463 g/mol. The average Bonchev–Trinajstić information content (AvgIpc) is 3.50. The van der Waals surface area contributed by atoms with Crippen molar-refractivity contribution in [2.24, 2.45) is 5.41 Å². The molecule has 2 saturated heterocycles. The number of methoxy groups -OCH3 is 1. The van der Waals surface area contributed by atoms with E-state index in [0.29, 0.717) is 9.99 Å². The molecule has 0 unspecified atom stereocenters. The maximum atomic E-state index is 12.5. The fraction of sp³-hybridized carbons (Fsp3) is 0.579. The molecule has 166 valence electrons. The maximum absolute atomic E-state index is 12.5. The van der Waals surface area contributed by atoms with E-state index in [-0.39, 0.29) is 23.8 Å². The van der Waals surface area contributed by atoms with Crippen molar-refractivity contribution < 1.29 is 14.3 Å². The molecular formula is C19H25N7O3S2. The van der Waals surface area contributed by atoms with Crippen molar-refractivity contribution in [3.05, 3.63) is 22.1 Å². The number of aromatic nitrogens is 4. The largest absolute Gasteiger partial charge is 0.465 e. The number of nitrogens with one attached hydrogen (secondary N) is 1. The molecule has 2 fully saturated rings. The normalized spacial score (nSPS) is 17.7. The fourth-order valence-electron chi connectivity index (χ4n) is 4.27. The minimum absolute atomic E-state index is 0.0393. The number of hydrogen-bond acceptors (Lipinski definition) is 8. The molecule has 4 rings (SSSR count). The third kappa shape index (κ3) is 4.54. The van der Waals surface area contributed by atoms with Crippen molar-refractivity contribution in [3.63, 3.8) is 0 Å². The van der Waals surface area contributed by atoms with E-state index in [1.165, 1.54) is 29.5 Å². The molecule has 0 radical (unpaired) electrons. The van der Waals surface area contributed by atoms with Gasteiger partial charge in [-0.1, -0.05) is 0 Å². The molecule has 0 aromatic carbocycles. The van der Waals surface area contributed by atoms with E-state index in [1.54, 1.807) is 0 Å². The van der Waals surface area contributed by atoms with E-state index in [0.717, 1.165) is 56.7 Å². The number of ether oxygens (including phenoxy) is 1. The smallest absolute Gasteiger partial charge is 0.350 e. The Labute approximate surface area is 189 Å². The summed E-state index contributed by atoms with van der Waals surface area (Å²) in [5, 5.41) is 16.7. The molecule has 2 aliphatic rings. The topological polar surface area (TPSA) is 105 Å². The number of tetrazole rings is 1. The van der Waals surface area contributed by atoms with Gasteiger partial charge in [-0.25, -0.2) is 9.48 Å². The van der Waals surface area contributed by atoms with E-state index in [4.69, 9.17) is 17.0 Å². The van der Waals surface area contributed by atoms with E-state index in [2.05, 4.69) is 25.7 Å². The van der Waals surface area contributed by atoms with Crippen LogP contribution in [-0.4, -0.2) is 80.3 Å². The molecule has 2 aliphatic heterocycles. The Balaban J connectivity index is 1.32. The summed E-state index contributed by atoms with van der Waals surface area (Å²) < 4.78 is 6.33. The van der Waals surface area contributed by atoms with Crippen LogP contribution in [0.3, 0.4) is 0 Å². The minimum atomic E-state index is -0.361. The molecule has 1 spiro atoms. The number of amides is 1. The predicted octanol–water partition coefficient (Wildman–Crippen LogP) is 1.54. The van der Waals surface area contributed by atoms with Crippen LogP contribution in [0.25, 0.3) is 0 Å². The Bertz CT molecular complexity index is 967. The standard InChI is InChI=1S/C19H25N7O3S2/c1-13-10-31-16(17(28)29-2)15(13)21-18(30)25-8-5-19(11-25)3-6-24(7-4-19)14(27)9-26-12-20-22-23-26/h10,12H,3-9,11H2,1-2H3,(H,21,30). The van der Waals surface area contributed by atoms with Gasteiger partial charge in [0.25, 0.3) is 0 Å². The number of thiophene rings is 1. The van der Waals surface area contributed by atoms with Crippen molar-refractivity contribution in [3.8, 4) is 0 Å². The van der Waals surface area contributed by atoms with Crippen LogP contribution in [0, 0.1) is 12.3 Å². The number of thiocarbonyl (C=S) groups is 1. The zero-order valence-electron chi connectivity index (χ0n) is 17.5. The van der Waals surface area contributed by atoms with Crippen LogP contribution in [-0.2, 0) is 16.1 Å². The van der Waals surface area contributed by atoms with Gasteiger partial charge in [-0.3, -0.25) is 4.79 Å². The van der Waals surface area contributed by atoms with Crippen LogP contribution >= 0.6 is 23.6 Å². The number of anilines is 1. The summed E-state index contributed by atoms with van der Waals surface area (Å²) in [4.78, 5) is 29.1. The van der Waals surface area contributed by atoms with Gasteiger partial charge in [-0.2, -0.15) is 0 Å². The van der Waals surface area contributed by atoms with Gasteiger partial charge in [0, 0.05) is 26.2 Å². The molecule has 0 aliphatic carbocycles. The van der Waals surface area contributed by atoms with Crippen LogP contribution in [0.2, 0.25) is 0 Å². The lowest BCUT2D eigenvalue weighted by atomic mass is 9.78. The number of carbonyl (C=O) groups is 2. The van der Waals surface area contributed by atoms with Crippen molar-refractivity contribution in [1.29, 1.82) is 0 Å². The van der Waals surface area contributed by atoms with E-state index in [9.17, 15) is 9.59 Å². The summed E-state index contributed by atoms with van der Waals surface area (Å²) in [5.74, 6) is -0.322. The summed E-state index contributed by atoms with van der Waals surface area (Å²) >= 11 is 7.02. The summed E-state index contributed by atoms with van der Waals surface area (Å²) in [6.45, 7) is 5.28. The van der Waals surface area contributed by atoms with Crippen molar-refractivity contribution in [2.45, 2.75) is 32.7 Å². The highest BCUT2D eigenvalue weighted by Crippen LogP contribution is 2.41. The zero-order chi connectivity index (χ0) is 22.0. The van der Waals surface area contributed by atoms with Gasteiger partial charge in [-0.15, -0.1) is 16.4 Å². The van der Waals surface area contributed by atoms with Crippen molar-refractivity contribution in [2.75, 3.05) is 38.6 Å². The molecular weight excluding hydrogens is 438 g/mol. The van der Waals surface area contributed by atoms with Crippen LogP contribution in [0.1, 0.15) is 34.5 Å². The summed E-state index contributed by atoms with van der Waals surface area (Å²) in [5.41, 5.74) is 1.86. The predicted molar refractivity (Wildman–Crippen MR) is 119 cm³/mol. The number of carbonyl (C=O) groups excluding carboxylic acids is 2. The first-order valence-corrected chi connectivity index (χ1v) is 11.4. The third-order valence-electron chi connectivity index (χ3n) is 6.17. The molecule has 10 nitrogen and oxygen atoms in total. The second-order valence-corrected chi connectivity index (χ2v) is 9.37. The van der Waals surface area contributed by atoms with Crippen LogP contribution in [0.15, 0.2) is 11.7 Å². The molecule has 31 heavy (non-hydrogen) atoms. The first kappa shape index (κ1) is 21.6. The number of aryl methyl sites for hydroxylation is 1. The van der Waals surface area contributed by atoms with Gasteiger partial charge >= 0.3 is 5.97 Å². The highest BCUT2D eigenvalue weighted by atomic mass is 32.1. The number of hydrogen-bond donors (Lipinski definition) is 1. The minimum Gasteiger partial charge on any atom is -0.465 e. The first-order chi connectivity index (χ1) is 14.9. The van der Waals surface area contributed by atoms with Crippen LogP contribution in [0.4, 0.5) is 5.69 Å². The molecule has 0 atom stereocenters. The lowest BCUT2D eigenvalue weighted by Gasteiger charge is -2.39. The summed E-state index contributed by atoms with van der Waals surface area (Å²) in [7, 11) is 1.38. The van der Waals surface area contributed by atoms with E-state index in [1.807, 2.05) is 17.2 Å². The average molecular weight is 464 g/mol. The van der Waals surface area contributed by atoms with Gasteiger partial charge in [-0.05, 0) is 65.2 Å². The molecule has 1 amide bonds. The molecule has 4 heterocycles. The highest BCUT2D eigenvalue weighted by Gasteiger charge is 2.42. The van der Waals surface area contributed by atoms with Crippen LogP contribution < -0.4 is 5.32 Å². The molecule has 12 heteroatoms. The fourth-order valence-corrected chi connectivity index (χ4v) is 5.45. The lowest BCUT2D eigenvalue weighted by Crippen LogP contribution is -2.46. The Morgan fingerprint density at radius 2 is 1.97 bits per heavy atom. The Morgan fingerprint density at radius 3 is 2.61 bits per heavy atom. The third-order valence-corrected chi connectivity index (χ3v) is 7.61. The Morgan fingerprint density at radius 1 is 1.26 bits per heavy atom. The number of rotatable bonds is 4. The van der Waals surface area contributed by atoms with E-state index >= 15 is 0 Å². The molecule has 2 aromatic heterocycles. The second kappa shape index (κ2) is 8.87. The Kier molecular flexibility index (Phi) is 6.19. The SMILES string of the molecule is COC(=O)c1scc(C)c1NC(=S)N1CCC2(CCN(C(=O)Cn3cnnn3)CC2)C1.